The maximum Gasteiger partial charge on any atom is 0.306 e. The van der Waals surface area contributed by atoms with Gasteiger partial charge in [0.25, 0.3) is 5.69 Å². The predicted molar refractivity (Wildman–Crippen MR) is 88.7 cm³/mol. The summed E-state index contributed by atoms with van der Waals surface area (Å²) < 4.78 is 4.81. The second-order valence-corrected chi connectivity index (χ2v) is 5.05. The average Bonchev–Trinajstić information content (AvgIpc) is 2.60. The molecular formula is C18H17NO5. The third kappa shape index (κ3) is 4.04. The Kier molecular flexibility index (Phi) is 5.78. The Bertz CT molecular complexity index is 770. The highest BCUT2D eigenvalue weighted by molar-refractivity contribution is 6.04. The highest BCUT2D eigenvalue weighted by Gasteiger charge is 2.20. The zero-order valence-electron chi connectivity index (χ0n) is 13.2. The quantitative estimate of drug-likeness (QED) is 0.334. The van der Waals surface area contributed by atoms with E-state index in [1.165, 1.54) is 6.07 Å². The summed E-state index contributed by atoms with van der Waals surface area (Å²) in [6.07, 6.45) is -0.0195. The number of benzene rings is 2. The summed E-state index contributed by atoms with van der Waals surface area (Å²) in [5.41, 5.74) is 1.15. The first-order valence-corrected chi connectivity index (χ1v) is 7.56. The van der Waals surface area contributed by atoms with Crippen molar-refractivity contribution in [3.63, 3.8) is 0 Å². The van der Waals surface area contributed by atoms with Gasteiger partial charge in [-0.3, -0.25) is 19.7 Å². The van der Waals surface area contributed by atoms with E-state index in [1.54, 1.807) is 49.4 Å². The first kappa shape index (κ1) is 17.3. The smallest absolute Gasteiger partial charge is 0.306 e. The molecule has 24 heavy (non-hydrogen) atoms. The molecule has 0 amide bonds. The normalized spacial score (nSPS) is 10.2. The summed E-state index contributed by atoms with van der Waals surface area (Å²) in [7, 11) is 0. The number of nitro benzene ring substituents is 1. The van der Waals surface area contributed by atoms with Crippen LogP contribution in [-0.2, 0) is 9.53 Å². The molecule has 0 aliphatic rings. The van der Waals surface area contributed by atoms with E-state index in [9.17, 15) is 19.7 Å². The number of nitrogens with zero attached hydrogens (tertiary/aromatic N) is 1. The molecule has 0 fully saturated rings. The standard InChI is InChI=1S/C18H17NO5/c1-2-24-18(21)12-11-17(20)15-9-4-3-7-13(15)14-8-5-6-10-16(14)19(22)23/h3-10H,2,11-12H2,1H3. The van der Waals surface area contributed by atoms with Crippen LogP contribution < -0.4 is 0 Å². The molecule has 0 N–H and O–H groups in total. The summed E-state index contributed by atoms with van der Waals surface area (Å²) in [5, 5.41) is 11.2. The largest absolute Gasteiger partial charge is 0.466 e. The van der Waals surface area contributed by atoms with Crippen molar-refractivity contribution in [2.75, 3.05) is 6.61 Å². The van der Waals surface area contributed by atoms with Crippen molar-refractivity contribution in [1.82, 2.24) is 0 Å². The number of ether oxygens (including phenoxy) is 1. The number of nitro groups is 1. The minimum absolute atomic E-state index is 0.00349. The molecular weight excluding hydrogens is 310 g/mol. The van der Waals surface area contributed by atoms with Crippen LogP contribution in [0.2, 0.25) is 0 Å². The molecule has 0 heterocycles. The predicted octanol–water partition coefficient (Wildman–Crippen LogP) is 3.79. The van der Waals surface area contributed by atoms with Crippen LogP contribution in [0, 0.1) is 10.1 Å². The van der Waals surface area contributed by atoms with E-state index in [0.717, 1.165) is 0 Å². The molecule has 0 radical (unpaired) electrons. The van der Waals surface area contributed by atoms with Gasteiger partial charge in [0, 0.05) is 18.1 Å². The van der Waals surface area contributed by atoms with Crippen LogP contribution in [0.4, 0.5) is 5.69 Å². The van der Waals surface area contributed by atoms with Crippen LogP contribution in [0.15, 0.2) is 48.5 Å². The van der Waals surface area contributed by atoms with Crippen molar-refractivity contribution in [2.45, 2.75) is 19.8 Å². The molecule has 0 aromatic heterocycles. The summed E-state index contributed by atoms with van der Waals surface area (Å²) >= 11 is 0. The van der Waals surface area contributed by atoms with E-state index in [1.807, 2.05) is 0 Å². The minimum atomic E-state index is -0.477. The highest BCUT2D eigenvalue weighted by Crippen LogP contribution is 2.32. The molecule has 2 aromatic rings. The Labute approximate surface area is 139 Å². The fraction of sp³-hybridized carbons (Fsp3) is 0.222. The fourth-order valence-electron chi connectivity index (χ4n) is 2.41. The monoisotopic (exact) mass is 327 g/mol. The van der Waals surface area contributed by atoms with Crippen LogP contribution in [0.25, 0.3) is 11.1 Å². The second-order valence-electron chi connectivity index (χ2n) is 5.05. The van der Waals surface area contributed by atoms with Crippen molar-refractivity contribution in [3.05, 3.63) is 64.2 Å². The van der Waals surface area contributed by atoms with Crippen molar-refractivity contribution >= 4 is 17.4 Å². The van der Waals surface area contributed by atoms with Gasteiger partial charge < -0.3 is 4.74 Å². The summed E-state index contributed by atoms with van der Waals surface area (Å²) in [6, 6.07) is 12.9. The molecule has 6 nitrogen and oxygen atoms in total. The van der Waals surface area contributed by atoms with Crippen LogP contribution in [-0.4, -0.2) is 23.3 Å². The second kappa shape index (κ2) is 8.01. The molecule has 0 spiro atoms. The van der Waals surface area contributed by atoms with Gasteiger partial charge in [-0.1, -0.05) is 36.4 Å². The molecule has 0 aliphatic heterocycles. The molecule has 0 saturated carbocycles. The Morgan fingerprint density at radius 2 is 1.62 bits per heavy atom. The molecule has 124 valence electrons. The molecule has 2 rings (SSSR count). The van der Waals surface area contributed by atoms with Crippen LogP contribution in [0.3, 0.4) is 0 Å². The zero-order valence-corrected chi connectivity index (χ0v) is 13.2. The third-order valence-corrected chi connectivity index (χ3v) is 3.48. The van der Waals surface area contributed by atoms with Gasteiger partial charge in [-0.15, -0.1) is 0 Å². The molecule has 6 heteroatoms. The molecule has 0 bridgehead atoms. The molecule has 0 atom stereocenters. The number of carbonyl (C=O) groups excluding carboxylic acids is 2. The fourth-order valence-corrected chi connectivity index (χ4v) is 2.41. The lowest BCUT2D eigenvalue weighted by Gasteiger charge is -2.09. The maximum atomic E-state index is 12.5. The number of ketones is 1. The third-order valence-electron chi connectivity index (χ3n) is 3.48. The number of hydrogen-bond donors (Lipinski definition) is 0. The zero-order chi connectivity index (χ0) is 17.5. The van der Waals surface area contributed by atoms with Gasteiger partial charge in [0.1, 0.15) is 0 Å². The number of para-hydroxylation sites is 1. The lowest BCUT2D eigenvalue weighted by molar-refractivity contribution is -0.384. The van der Waals surface area contributed by atoms with Crippen molar-refractivity contribution in [2.24, 2.45) is 0 Å². The minimum Gasteiger partial charge on any atom is -0.466 e. The van der Waals surface area contributed by atoms with Gasteiger partial charge in [-0.2, -0.15) is 0 Å². The van der Waals surface area contributed by atoms with E-state index in [4.69, 9.17) is 4.74 Å². The molecule has 0 saturated heterocycles. The topological polar surface area (TPSA) is 86.5 Å². The molecule has 0 unspecified atom stereocenters. The average molecular weight is 327 g/mol. The molecule has 2 aromatic carbocycles. The van der Waals surface area contributed by atoms with Crippen LogP contribution >= 0.6 is 0 Å². The van der Waals surface area contributed by atoms with E-state index in [0.29, 0.717) is 16.7 Å². The van der Waals surface area contributed by atoms with Crippen molar-refractivity contribution in [1.29, 1.82) is 0 Å². The van der Waals surface area contributed by atoms with Gasteiger partial charge >= 0.3 is 5.97 Å². The van der Waals surface area contributed by atoms with E-state index < -0.39 is 10.9 Å². The lowest BCUT2D eigenvalue weighted by Crippen LogP contribution is -2.09. The summed E-state index contributed by atoms with van der Waals surface area (Å²) in [4.78, 5) is 34.6. The van der Waals surface area contributed by atoms with Gasteiger partial charge in [0.2, 0.25) is 0 Å². The number of carbonyl (C=O) groups is 2. The SMILES string of the molecule is CCOC(=O)CCC(=O)c1ccccc1-c1ccccc1[N+](=O)[O-]. The van der Waals surface area contributed by atoms with E-state index in [2.05, 4.69) is 0 Å². The number of esters is 1. The Morgan fingerprint density at radius 3 is 2.29 bits per heavy atom. The maximum absolute atomic E-state index is 12.5. The Morgan fingerprint density at radius 1 is 1.00 bits per heavy atom. The lowest BCUT2D eigenvalue weighted by atomic mass is 9.94. The first-order valence-electron chi connectivity index (χ1n) is 7.56. The molecule has 0 aliphatic carbocycles. The van der Waals surface area contributed by atoms with Gasteiger partial charge in [0.15, 0.2) is 5.78 Å². The van der Waals surface area contributed by atoms with E-state index in [-0.39, 0.29) is 30.9 Å². The number of hydrogen-bond acceptors (Lipinski definition) is 5. The van der Waals surface area contributed by atoms with Crippen LogP contribution in [0.5, 0.6) is 0 Å². The summed E-state index contributed by atoms with van der Waals surface area (Å²) in [6.45, 7) is 1.96. The van der Waals surface area contributed by atoms with Crippen molar-refractivity contribution < 1.29 is 19.2 Å². The Balaban J connectivity index is 2.33. The van der Waals surface area contributed by atoms with Crippen molar-refractivity contribution in [3.8, 4) is 11.1 Å². The highest BCUT2D eigenvalue weighted by atomic mass is 16.6. The summed E-state index contributed by atoms with van der Waals surface area (Å²) in [5.74, 6) is -0.689. The van der Waals surface area contributed by atoms with Gasteiger partial charge in [-0.05, 0) is 18.6 Å². The van der Waals surface area contributed by atoms with Gasteiger partial charge in [0.05, 0.1) is 23.5 Å². The van der Waals surface area contributed by atoms with Crippen LogP contribution in [0.1, 0.15) is 30.1 Å². The first-order chi connectivity index (χ1) is 11.5. The van der Waals surface area contributed by atoms with E-state index >= 15 is 0 Å². The number of Topliss-reactive ketones (excluding diaryl/α,β-unsaturated/α-hetero) is 1. The van der Waals surface area contributed by atoms with Gasteiger partial charge in [-0.25, -0.2) is 0 Å². The Hall–Kier alpha value is -3.02. The number of rotatable bonds is 7.